The van der Waals surface area contributed by atoms with Gasteiger partial charge in [0.15, 0.2) is 0 Å². The minimum Gasteiger partial charge on any atom is -0.480 e. The maximum absolute atomic E-state index is 11.2. The molecule has 2 N–H and O–H groups in total. The highest BCUT2D eigenvalue weighted by molar-refractivity contribution is 5.73. The topological polar surface area (TPSA) is 61.8 Å². The summed E-state index contributed by atoms with van der Waals surface area (Å²) in [6.07, 6.45) is 1.68. The Morgan fingerprint density at radius 1 is 1.50 bits per heavy atom. The summed E-state index contributed by atoms with van der Waals surface area (Å²) in [7, 11) is 3.96. The Bertz CT molecular complexity index is 215. The Morgan fingerprint density at radius 3 is 2.62 bits per heavy atom. The summed E-state index contributed by atoms with van der Waals surface area (Å²) in [4.78, 5) is 13.2. The van der Waals surface area contributed by atoms with E-state index in [0.717, 1.165) is 19.4 Å². The molecule has 0 aromatic carbocycles. The molecule has 1 aliphatic rings. The second kappa shape index (κ2) is 6.83. The highest BCUT2D eigenvalue weighted by Gasteiger charge is 2.28. The van der Waals surface area contributed by atoms with Crippen LogP contribution in [0.3, 0.4) is 0 Å². The molecule has 94 valence electrons. The normalized spacial score (nSPS) is 19.9. The van der Waals surface area contributed by atoms with Crippen LogP contribution in [0.5, 0.6) is 0 Å². The summed E-state index contributed by atoms with van der Waals surface area (Å²) >= 11 is 0. The van der Waals surface area contributed by atoms with Crippen LogP contribution in [0, 0.1) is 5.92 Å². The van der Waals surface area contributed by atoms with Crippen LogP contribution in [-0.2, 0) is 9.53 Å². The Hall–Kier alpha value is -0.650. The average molecular weight is 230 g/mol. The van der Waals surface area contributed by atoms with Crippen LogP contribution in [0.4, 0.5) is 0 Å². The van der Waals surface area contributed by atoms with Gasteiger partial charge in [-0.05, 0) is 32.9 Å². The van der Waals surface area contributed by atoms with Gasteiger partial charge in [-0.1, -0.05) is 0 Å². The van der Waals surface area contributed by atoms with Gasteiger partial charge in [-0.3, -0.25) is 4.79 Å². The third-order valence-corrected chi connectivity index (χ3v) is 2.93. The van der Waals surface area contributed by atoms with E-state index in [1.165, 1.54) is 0 Å². The highest BCUT2D eigenvalue weighted by Crippen LogP contribution is 2.18. The minimum atomic E-state index is -0.745. The number of ether oxygens (including phenoxy) is 1. The van der Waals surface area contributed by atoms with Gasteiger partial charge >= 0.3 is 5.97 Å². The van der Waals surface area contributed by atoms with Gasteiger partial charge in [-0.15, -0.1) is 0 Å². The van der Waals surface area contributed by atoms with Gasteiger partial charge in [0.25, 0.3) is 0 Å². The molecule has 0 aromatic heterocycles. The lowest BCUT2D eigenvalue weighted by atomic mass is 9.92. The quantitative estimate of drug-likeness (QED) is 0.673. The van der Waals surface area contributed by atoms with Crippen LogP contribution in [0.15, 0.2) is 0 Å². The van der Waals surface area contributed by atoms with E-state index < -0.39 is 12.0 Å². The third-order valence-electron chi connectivity index (χ3n) is 2.93. The molecule has 5 nitrogen and oxygen atoms in total. The van der Waals surface area contributed by atoms with Crippen molar-refractivity contribution in [2.45, 2.75) is 18.9 Å². The van der Waals surface area contributed by atoms with Crippen molar-refractivity contribution < 1.29 is 14.6 Å². The molecule has 1 unspecified atom stereocenters. The van der Waals surface area contributed by atoms with Crippen LogP contribution < -0.4 is 5.32 Å². The van der Waals surface area contributed by atoms with Crippen LogP contribution in [0.2, 0.25) is 0 Å². The van der Waals surface area contributed by atoms with Crippen molar-refractivity contribution in [1.29, 1.82) is 0 Å². The van der Waals surface area contributed by atoms with Gasteiger partial charge in [-0.25, -0.2) is 0 Å². The number of carboxylic acids is 1. The molecule has 5 heteroatoms. The number of nitrogens with one attached hydrogen (secondary N) is 1. The number of carbonyl (C=O) groups is 1. The average Bonchev–Trinajstić information content (AvgIpc) is 2.25. The second-order valence-electron chi connectivity index (χ2n) is 4.52. The fourth-order valence-electron chi connectivity index (χ4n) is 1.95. The predicted molar refractivity (Wildman–Crippen MR) is 61.5 cm³/mol. The summed E-state index contributed by atoms with van der Waals surface area (Å²) in [5.41, 5.74) is 0. The number of aliphatic carboxylic acids is 1. The molecule has 0 saturated carbocycles. The maximum atomic E-state index is 11.2. The standard InChI is InChI=1S/C11H22N2O3/c1-13(2)6-5-12-10(11(14)15)9-3-7-16-8-4-9/h9-10,12H,3-8H2,1-2H3,(H,14,15). The molecule has 0 amide bonds. The van der Waals surface area contributed by atoms with Gasteiger partial charge in [-0.2, -0.15) is 0 Å². The predicted octanol–water partition coefficient (Wildman–Crippen LogP) is 0.0174. The molecule has 0 radical (unpaired) electrons. The molecule has 1 aliphatic heterocycles. The first-order valence-electron chi connectivity index (χ1n) is 5.80. The summed E-state index contributed by atoms with van der Waals surface area (Å²) in [5.74, 6) is -0.543. The summed E-state index contributed by atoms with van der Waals surface area (Å²) < 4.78 is 5.24. The summed E-state index contributed by atoms with van der Waals surface area (Å²) in [5, 5.41) is 12.3. The Balaban J connectivity index is 2.37. The molecule has 0 spiro atoms. The maximum Gasteiger partial charge on any atom is 0.320 e. The van der Waals surface area contributed by atoms with E-state index in [2.05, 4.69) is 5.32 Å². The first kappa shape index (κ1) is 13.4. The van der Waals surface area contributed by atoms with E-state index in [1.54, 1.807) is 0 Å². The number of rotatable bonds is 6. The molecule has 0 aromatic rings. The van der Waals surface area contributed by atoms with Crippen molar-refractivity contribution in [2.75, 3.05) is 40.4 Å². The van der Waals surface area contributed by atoms with Crippen molar-refractivity contribution in [3.8, 4) is 0 Å². The molecule has 1 fully saturated rings. The number of carboxylic acid groups (broad SMARTS) is 1. The van der Waals surface area contributed by atoms with Crippen LogP contribution >= 0.6 is 0 Å². The monoisotopic (exact) mass is 230 g/mol. The molecule has 1 rings (SSSR count). The van der Waals surface area contributed by atoms with Crippen LogP contribution in [-0.4, -0.2) is 62.4 Å². The third kappa shape index (κ3) is 4.47. The number of hydrogen-bond donors (Lipinski definition) is 2. The number of nitrogens with zero attached hydrogens (tertiary/aromatic N) is 1. The highest BCUT2D eigenvalue weighted by atomic mass is 16.5. The van der Waals surface area contributed by atoms with E-state index in [1.807, 2.05) is 19.0 Å². The molecule has 1 saturated heterocycles. The van der Waals surface area contributed by atoms with E-state index in [-0.39, 0.29) is 5.92 Å². The number of hydrogen-bond acceptors (Lipinski definition) is 4. The van der Waals surface area contributed by atoms with Gasteiger partial charge in [0.1, 0.15) is 6.04 Å². The zero-order valence-electron chi connectivity index (χ0n) is 10.1. The van der Waals surface area contributed by atoms with Crippen molar-refractivity contribution >= 4 is 5.97 Å². The zero-order valence-corrected chi connectivity index (χ0v) is 10.1. The van der Waals surface area contributed by atoms with Crippen molar-refractivity contribution in [1.82, 2.24) is 10.2 Å². The van der Waals surface area contributed by atoms with Crippen LogP contribution in [0.1, 0.15) is 12.8 Å². The zero-order chi connectivity index (χ0) is 12.0. The summed E-state index contributed by atoms with van der Waals surface area (Å²) in [6, 6.07) is -0.427. The van der Waals surface area contributed by atoms with E-state index in [9.17, 15) is 9.90 Å². The lowest BCUT2D eigenvalue weighted by molar-refractivity contribution is -0.142. The Kier molecular flexibility index (Phi) is 5.73. The second-order valence-corrected chi connectivity index (χ2v) is 4.52. The Morgan fingerprint density at radius 2 is 2.12 bits per heavy atom. The SMILES string of the molecule is CN(C)CCNC(C(=O)O)C1CCOCC1. The van der Waals surface area contributed by atoms with Crippen molar-refractivity contribution in [3.63, 3.8) is 0 Å². The summed E-state index contributed by atoms with van der Waals surface area (Å²) in [6.45, 7) is 2.93. The van der Waals surface area contributed by atoms with E-state index in [0.29, 0.717) is 19.8 Å². The van der Waals surface area contributed by atoms with Crippen molar-refractivity contribution in [2.24, 2.45) is 5.92 Å². The van der Waals surface area contributed by atoms with E-state index >= 15 is 0 Å². The fraction of sp³-hybridized carbons (Fsp3) is 0.909. The molecular formula is C11H22N2O3. The van der Waals surface area contributed by atoms with Gasteiger partial charge < -0.3 is 20.1 Å². The molecular weight excluding hydrogens is 208 g/mol. The minimum absolute atomic E-state index is 0.202. The first-order valence-corrected chi connectivity index (χ1v) is 5.80. The molecule has 1 atom stereocenters. The Labute approximate surface area is 96.8 Å². The van der Waals surface area contributed by atoms with Crippen LogP contribution in [0.25, 0.3) is 0 Å². The molecule has 16 heavy (non-hydrogen) atoms. The van der Waals surface area contributed by atoms with Gasteiger partial charge in [0.05, 0.1) is 0 Å². The smallest absolute Gasteiger partial charge is 0.320 e. The van der Waals surface area contributed by atoms with E-state index in [4.69, 9.17) is 4.74 Å². The molecule has 0 bridgehead atoms. The number of likely N-dealkylation sites (N-methyl/N-ethyl adjacent to an activating group) is 1. The largest absolute Gasteiger partial charge is 0.480 e. The molecule has 0 aliphatic carbocycles. The fourth-order valence-corrected chi connectivity index (χ4v) is 1.95. The first-order chi connectivity index (χ1) is 7.61. The van der Waals surface area contributed by atoms with Crippen molar-refractivity contribution in [3.05, 3.63) is 0 Å². The van der Waals surface area contributed by atoms with Gasteiger partial charge in [0, 0.05) is 26.3 Å². The lowest BCUT2D eigenvalue weighted by Gasteiger charge is -2.28. The van der Waals surface area contributed by atoms with Gasteiger partial charge in [0.2, 0.25) is 0 Å². The molecule has 1 heterocycles. The lowest BCUT2D eigenvalue weighted by Crippen LogP contribution is -2.46.